The van der Waals surface area contributed by atoms with Crippen molar-refractivity contribution in [3.05, 3.63) is 28.2 Å². The lowest BCUT2D eigenvalue weighted by atomic mass is 10.0. The Bertz CT molecular complexity index is 581. The van der Waals surface area contributed by atoms with Gasteiger partial charge in [0.05, 0.1) is 11.3 Å². The van der Waals surface area contributed by atoms with Gasteiger partial charge in [-0.05, 0) is 30.5 Å². The van der Waals surface area contributed by atoms with Gasteiger partial charge in [0.15, 0.2) is 0 Å². The third-order valence-corrected chi connectivity index (χ3v) is 3.15. The third-order valence-electron chi connectivity index (χ3n) is 2.66. The molecule has 0 aliphatic heterocycles. The zero-order valence-corrected chi connectivity index (χ0v) is 13.3. The van der Waals surface area contributed by atoms with Gasteiger partial charge in [0.2, 0.25) is 0 Å². The molecule has 0 spiro atoms. The van der Waals surface area contributed by atoms with Crippen LogP contribution in [-0.4, -0.2) is 23.1 Å². The zero-order valence-electron chi connectivity index (χ0n) is 11.7. The van der Waals surface area contributed by atoms with Crippen LogP contribution in [0.15, 0.2) is 22.7 Å². The van der Waals surface area contributed by atoms with E-state index in [-0.39, 0.29) is 5.92 Å². The van der Waals surface area contributed by atoms with Crippen molar-refractivity contribution in [2.24, 2.45) is 5.92 Å². The number of carboxylic acid groups (broad SMARTS) is 1. The first kappa shape index (κ1) is 17.0. The Balaban J connectivity index is 2.79. The summed E-state index contributed by atoms with van der Waals surface area (Å²) in [6.07, 6.45) is 0.326. The van der Waals surface area contributed by atoms with E-state index in [1.165, 1.54) is 0 Å². The average Bonchev–Trinajstić information content (AvgIpc) is 2.37. The Hall–Kier alpha value is -2.07. The van der Waals surface area contributed by atoms with E-state index in [1.54, 1.807) is 18.2 Å². The summed E-state index contributed by atoms with van der Waals surface area (Å²) in [6, 6.07) is 5.15. The number of carbonyl (C=O) groups is 2. The van der Waals surface area contributed by atoms with Crippen molar-refractivity contribution in [1.82, 2.24) is 5.32 Å². The molecule has 1 unspecified atom stereocenters. The molecule has 0 saturated heterocycles. The smallest absolute Gasteiger partial charge is 0.326 e. The first-order valence-corrected chi connectivity index (χ1v) is 7.12. The predicted molar refractivity (Wildman–Crippen MR) is 81.9 cm³/mol. The number of halogens is 1. The number of anilines is 1. The number of benzene rings is 1. The Kier molecular flexibility index (Phi) is 6.18. The number of nitriles is 1. The topological polar surface area (TPSA) is 102 Å². The van der Waals surface area contributed by atoms with Gasteiger partial charge in [-0.25, -0.2) is 9.59 Å². The predicted octanol–water partition coefficient (Wildman–Crippen LogP) is 2.94. The van der Waals surface area contributed by atoms with Gasteiger partial charge in [-0.15, -0.1) is 0 Å². The van der Waals surface area contributed by atoms with Crippen LogP contribution < -0.4 is 10.6 Å². The molecule has 1 atom stereocenters. The van der Waals surface area contributed by atoms with Crippen molar-refractivity contribution < 1.29 is 14.7 Å². The summed E-state index contributed by atoms with van der Waals surface area (Å²) in [4.78, 5) is 23.0. The molecule has 7 heteroatoms. The number of hydrogen-bond acceptors (Lipinski definition) is 3. The Morgan fingerprint density at radius 1 is 1.43 bits per heavy atom. The van der Waals surface area contributed by atoms with Crippen LogP contribution in [0.3, 0.4) is 0 Å². The van der Waals surface area contributed by atoms with E-state index in [0.717, 1.165) is 0 Å². The minimum Gasteiger partial charge on any atom is -0.480 e. The summed E-state index contributed by atoms with van der Waals surface area (Å²) in [7, 11) is 0. The van der Waals surface area contributed by atoms with Crippen LogP contribution in [0.2, 0.25) is 0 Å². The molecule has 0 aliphatic carbocycles. The van der Waals surface area contributed by atoms with Crippen molar-refractivity contribution >= 4 is 33.6 Å². The normalized spacial score (nSPS) is 11.6. The second kappa shape index (κ2) is 7.64. The first-order chi connectivity index (χ1) is 9.83. The molecular formula is C14H16BrN3O3. The van der Waals surface area contributed by atoms with Crippen LogP contribution in [0.5, 0.6) is 0 Å². The Morgan fingerprint density at radius 2 is 2.10 bits per heavy atom. The van der Waals surface area contributed by atoms with Crippen LogP contribution in [0.25, 0.3) is 0 Å². The second-order valence-electron chi connectivity index (χ2n) is 4.92. The van der Waals surface area contributed by atoms with Crippen LogP contribution in [0.1, 0.15) is 25.8 Å². The highest BCUT2D eigenvalue weighted by Gasteiger charge is 2.21. The summed E-state index contributed by atoms with van der Waals surface area (Å²) in [5.74, 6) is -0.958. The molecule has 0 aliphatic rings. The summed E-state index contributed by atoms with van der Waals surface area (Å²) >= 11 is 3.25. The molecule has 0 fully saturated rings. The lowest BCUT2D eigenvalue weighted by Gasteiger charge is -2.17. The lowest BCUT2D eigenvalue weighted by Crippen LogP contribution is -2.43. The zero-order chi connectivity index (χ0) is 16.0. The van der Waals surface area contributed by atoms with Gasteiger partial charge in [0, 0.05) is 4.47 Å². The number of nitrogens with zero attached hydrogens (tertiary/aromatic N) is 1. The minimum absolute atomic E-state index is 0.131. The summed E-state index contributed by atoms with van der Waals surface area (Å²) in [5, 5.41) is 22.9. The minimum atomic E-state index is -1.09. The van der Waals surface area contributed by atoms with E-state index in [0.29, 0.717) is 22.1 Å². The quantitative estimate of drug-likeness (QED) is 0.756. The van der Waals surface area contributed by atoms with E-state index in [9.17, 15) is 9.59 Å². The number of amides is 2. The molecule has 21 heavy (non-hydrogen) atoms. The van der Waals surface area contributed by atoms with Crippen LogP contribution >= 0.6 is 15.9 Å². The standard InChI is InChI=1S/C14H16BrN3O3/c1-8(2)5-12(13(19)20)18-14(21)17-11-6-10(15)4-3-9(11)7-16/h3-4,6,8,12H,5H2,1-2H3,(H,19,20)(H2,17,18,21). The molecule has 0 radical (unpaired) electrons. The molecular weight excluding hydrogens is 338 g/mol. The van der Waals surface area contributed by atoms with Crippen molar-refractivity contribution in [2.75, 3.05) is 5.32 Å². The molecule has 1 aromatic rings. The summed E-state index contributed by atoms with van der Waals surface area (Å²) < 4.78 is 0.703. The van der Waals surface area contributed by atoms with Gasteiger partial charge < -0.3 is 15.7 Å². The highest BCUT2D eigenvalue weighted by Crippen LogP contribution is 2.20. The highest BCUT2D eigenvalue weighted by atomic mass is 79.9. The number of rotatable bonds is 5. The largest absolute Gasteiger partial charge is 0.480 e. The van der Waals surface area contributed by atoms with E-state index in [1.807, 2.05) is 19.9 Å². The van der Waals surface area contributed by atoms with E-state index in [2.05, 4.69) is 26.6 Å². The van der Waals surface area contributed by atoms with E-state index < -0.39 is 18.0 Å². The number of carboxylic acids is 1. The fourth-order valence-electron chi connectivity index (χ4n) is 1.73. The Morgan fingerprint density at radius 3 is 2.62 bits per heavy atom. The number of carbonyl (C=O) groups excluding carboxylic acids is 1. The van der Waals surface area contributed by atoms with Gasteiger partial charge in [0.25, 0.3) is 0 Å². The van der Waals surface area contributed by atoms with Gasteiger partial charge in [-0.2, -0.15) is 5.26 Å². The van der Waals surface area contributed by atoms with Crippen LogP contribution in [0, 0.1) is 17.2 Å². The number of hydrogen-bond donors (Lipinski definition) is 3. The van der Waals surface area contributed by atoms with Crippen molar-refractivity contribution in [1.29, 1.82) is 5.26 Å². The molecule has 112 valence electrons. The molecule has 2 amide bonds. The van der Waals surface area contributed by atoms with Crippen LogP contribution in [0.4, 0.5) is 10.5 Å². The maximum atomic E-state index is 11.9. The molecule has 6 nitrogen and oxygen atoms in total. The third kappa shape index (κ3) is 5.44. The molecule has 1 rings (SSSR count). The van der Waals surface area contributed by atoms with E-state index >= 15 is 0 Å². The van der Waals surface area contributed by atoms with Crippen LogP contribution in [-0.2, 0) is 4.79 Å². The summed E-state index contributed by atoms with van der Waals surface area (Å²) in [6.45, 7) is 3.75. The summed E-state index contributed by atoms with van der Waals surface area (Å²) in [5.41, 5.74) is 0.613. The molecule has 3 N–H and O–H groups in total. The fourth-order valence-corrected chi connectivity index (χ4v) is 2.09. The monoisotopic (exact) mass is 353 g/mol. The van der Waals surface area contributed by atoms with Gasteiger partial charge in [-0.1, -0.05) is 29.8 Å². The molecule has 0 bridgehead atoms. The van der Waals surface area contributed by atoms with E-state index in [4.69, 9.17) is 10.4 Å². The first-order valence-electron chi connectivity index (χ1n) is 6.33. The van der Waals surface area contributed by atoms with Crippen molar-refractivity contribution in [2.45, 2.75) is 26.3 Å². The number of urea groups is 1. The van der Waals surface area contributed by atoms with Gasteiger partial charge >= 0.3 is 12.0 Å². The second-order valence-corrected chi connectivity index (χ2v) is 5.84. The Labute approximate surface area is 131 Å². The number of nitrogens with one attached hydrogen (secondary N) is 2. The molecule has 0 saturated carbocycles. The van der Waals surface area contributed by atoms with Gasteiger partial charge in [-0.3, -0.25) is 0 Å². The maximum Gasteiger partial charge on any atom is 0.326 e. The maximum absolute atomic E-state index is 11.9. The SMILES string of the molecule is CC(C)CC(NC(=O)Nc1cc(Br)ccc1C#N)C(=O)O. The molecule has 1 aromatic carbocycles. The lowest BCUT2D eigenvalue weighted by molar-refractivity contribution is -0.139. The molecule has 0 heterocycles. The molecule has 0 aromatic heterocycles. The fraction of sp³-hybridized carbons (Fsp3) is 0.357. The number of aliphatic carboxylic acids is 1. The van der Waals surface area contributed by atoms with Crippen molar-refractivity contribution in [3.8, 4) is 6.07 Å². The highest BCUT2D eigenvalue weighted by molar-refractivity contribution is 9.10. The average molecular weight is 354 g/mol. The van der Waals surface area contributed by atoms with Crippen molar-refractivity contribution in [3.63, 3.8) is 0 Å². The van der Waals surface area contributed by atoms with Gasteiger partial charge in [0.1, 0.15) is 12.1 Å².